The Kier molecular flexibility index (Phi) is 6.97. The van der Waals surface area contributed by atoms with E-state index in [2.05, 4.69) is 54.6 Å². The smallest absolute Gasteiger partial charge is 0.234 e. The number of hydrogen-bond donors (Lipinski definition) is 1. The van der Waals surface area contributed by atoms with E-state index >= 15 is 0 Å². The molecule has 0 spiro atoms. The number of thioether (sulfide) groups is 1. The first-order chi connectivity index (χ1) is 11.0. The minimum atomic E-state index is 0.152. The number of carbonyl (C=O) groups excluding carboxylic acids is 1. The highest BCUT2D eigenvalue weighted by Crippen LogP contribution is 2.29. The molecule has 0 unspecified atom stereocenters. The number of carbonyl (C=O) groups is 1. The van der Waals surface area contributed by atoms with E-state index in [-0.39, 0.29) is 5.91 Å². The van der Waals surface area contributed by atoms with Crippen LogP contribution in [-0.2, 0) is 11.3 Å². The third-order valence-corrected chi connectivity index (χ3v) is 5.82. The van der Waals surface area contributed by atoms with Gasteiger partial charge in [0, 0.05) is 17.5 Å². The molecule has 1 N–H and O–H groups in total. The van der Waals surface area contributed by atoms with Crippen molar-refractivity contribution < 1.29 is 4.79 Å². The molecule has 4 heteroatoms. The summed E-state index contributed by atoms with van der Waals surface area (Å²) in [5.74, 6) is 1.44. The first-order valence-electron chi connectivity index (χ1n) is 8.60. The molecule has 1 aromatic carbocycles. The van der Waals surface area contributed by atoms with E-state index in [0.29, 0.717) is 24.4 Å². The Morgan fingerprint density at radius 3 is 2.61 bits per heavy atom. The molecular weight excluding hydrogens is 304 g/mol. The fraction of sp³-hybridized carbons (Fsp3) is 0.632. The van der Waals surface area contributed by atoms with E-state index in [1.165, 1.54) is 23.3 Å². The molecule has 128 valence electrons. The van der Waals surface area contributed by atoms with Crippen molar-refractivity contribution in [1.82, 2.24) is 10.2 Å². The molecule has 1 aromatic rings. The van der Waals surface area contributed by atoms with Crippen LogP contribution in [0.3, 0.4) is 0 Å². The predicted octanol–water partition coefficient (Wildman–Crippen LogP) is 3.78. The lowest BCUT2D eigenvalue weighted by molar-refractivity contribution is -0.123. The molecule has 0 radical (unpaired) electrons. The van der Waals surface area contributed by atoms with Gasteiger partial charge in [-0.3, -0.25) is 9.69 Å². The largest absolute Gasteiger partial charge is 0.352 e. The Hall–Kier alpha value is -1.00. The highest BCUT2D eigenvalue weighted by atomic mass is 32.2. The number of likely N-dealkylation sites (N-methyl/N-ethyl adjacent to an activating group) is 1. The zero-order valence-electron chi connectivity index (χ0n) is 14.8. The maximum Gasteiger partial charge on any atom is 0.234 e. The van der Waals surface area contributed by atoms with Gasteiger partial charge < -0.3 is 5.32 Å². The first-order valence-corrected chi connectivity index (χ1v) is 9.83. The van der Waals surface area contributed by atoms with Gasteiger partial charge in [0.2, 0.25) is 5.91 Å². The van der Waals surface area contributed by atoms with Crippen molar-refractivity contribution in [3.8, 4) is 0 Å². The van der Waals surface area contributed by atoms with Crippen molar-refractivity contribution in [3.63, 3.8) is 0 Å². The number of hydrogen-bond acceptors (Lipinski definition) is 3. The number of nitrogens with zero attached hydrogens (tertiary/aromatic N) is 1. The molecular formula is C19H30N2OS. The van der Waals surface area contributed by atoms with Crippen molar-refractivity contribution in [1.29, 1.82) is 0 Å². The van der Waals surface area contributed by atoms with Crippen LogP contribution in [0.25, 0.3) is 0 Å². The number of amides is 1. The molecule has 0 saturated heterocycles. The fourth-order valence-corrected chi connectivity index (χ4v) is 3.79. The van der Waals surface area contributed by atoms with Gasteiger partial charge in [0.05, 0.1) is 6.54 Å². The van der Waals surface area contributed by atoms with Crippen LogP contribution in [0.5, 0.6) is 0 Å². The fourth-order valence-electron chi connectivity index (χ4n) is 3.38. The Morgan fingerprint density at radius 1 is 1.26 bits per heavy atom. The van der Waals surface area contributed by atoms with E-state index in [4.69, 9.17) is 0 Å². The van der Waals surface area contributed by atoms with Crippen LogP contribution < -0.4 is 5.32 Å². The van der Waals surface area contributed by atoms with Gasteiger partial charge in [0.1, 0.15) is 0 Å². The molecule has 0 heterocycles. The van der Waals surface area contributed by atoms with E-state index in [1.54, 1.807) is 11.8 Å². The van der Waals surface area contributed by atoms with Gasteiger partial charge in [-0.1, -0.05) is 38.8 Å². The Bertz CT molecular complexity index is 503. The second-order valence-corrected chi connectivity index (χ2v) is 7.84. The summed E-state index contributed by atoms with van der Waals surface area (Å²) in [5, 5.41) is 3.25. The number of benzene rings is 1. The van der Waals surface area contributed by atoms with E-state index in [0.717, 1.165) is 13.0 Å². The zero-order valence-corrected chi connectivity index (χ0v) is 15.7. The summed E-state index contributed by atoms with van der Waals surface area (Å²) in [5.41, 5.74) is 1.25. The van der Waals surface area contributed by atoms with Crippen molar-refractivity contribution in [2.45, 2.75) is 50.6 Å². The molecule has 1 saturated carbocycles. The van der Waals surface area contributed by atoms with Gasteiger partial charge in [-0.2, -0.15) is 0 Å². The Balaban J connectivity index is 1.79. The second kappa shape index (κ2) is 8.74. The van der Waals surface area contributed by atoms with Crippen molar-refractivity contribution in [2.75, 3.05) is 19.8 Å². The molecule has 0 aliphatic heterocycles. The maximum absolute atomic E-state index is 12.3. The molecule has 1 fully saturated rings. The first kappa shape index (κ1) is 18.3. The van der Waals surface area contributed by atoms with E-state index in [1.807, 2.05) is 7.05 Å². The lowest BCUT2D eigenvalue weighted by Gasteiger charge is -2.35. The summed E-state index contributed by atoms with van der Waals surface area (Å²) in [6.07, 6.45) is 5.73. The lowest BCUT2D eigenvalue weighted by Crippen LogP contribution is -2.46. The van der Waals surface area contributed by atoms with Crippen LogP contribution in [-0.4, -0.2) is 36.7 Å². The number of nitrogens with one attached hydrogen (secondary N) is 1. The van der Waals surface area contributed by atoms with Gasteiger partial charge in [-0.25, -0.2) is 0 Å². The molecule has 1 aliphatic carbocycles. The quantitative estimate of drug-likeness (QED) is 0.804. The standard InChI is InChI=1S/C19H30N2OS/c1-14-6-5-7-18(15(14)2)20-19(22)13-21(3)12-16-8-10-17(23-4)11-9-16/h8-11,14-15,18H,5-7,12-13H2,1-4H3,(H,20,22)/t14-,15+,18-/m0/s1. The average Bonchev–Trinajstić information content (AvgIpc) is 2.52. The topological polar surface area (TPSA) is 32.3 Å². The molecule has 3 atom stereocenters. The minimum absolute atomic E-state index is 0.152. The van der Waals surface area contributed by atoms with Crippen LogP contribution in [0.4, 0.5) is 0 Å². The van der Waals surface area contributed by atoms with Gasteiger partial charge >= 0.3 is 0 Å². The minimum Gasteiger partial charge on any atom is -0.352 e. The predicted molar refractivity (Wildman–Crippen MR) is 98.7 cm³/mol. The molecule has 0 bridgehead atoms. The second-order valence-electron chi connectivity index (χ2n) is 6.96. The summed E-state index contributed by atoms with van der Waals surface area (Å²) in [6, 6.07) is 8.91. The monoisotopic (exact) mass is 334 g/mol. The molecule has 3 nitrogen and oxygen atoms in total. The Labute approximate surface area is 145 Å². The molecule has 23 heavy (non-hydrogen) atoms. The van der Waals surface area contributed by atoms with Gasteiger partial charge in [0.15, 0.2) is 0 Å². The number of rotatable bonds is 6. The van der Waals surface area contributed by atoms with Crippen molar-refractivity contribution in [2.24, 2.45) is 11.8 Å². The van der Waals surface area contributed by atoms with Crippen LogP contribution in [0.2, 0.25) is 0 Å². The summed E-state index contributed by atoms with van der Waals surface area (Å²) < 4.78 is 0. The molecule has 1 aliphatic rings. The van der Waals surface area contributed by atoms with Gasteiger partial charge in [-0.15, -0.1) is 11.8 Å². The summed E-state index contributed by atoms with van der Waals surface area (Å²) >= 11 is 1.75. The third kappa shape index (κ3) is 5.54. The highest BCUT2D eigenvalue weighted by Gasteiger charge is 2.28. The van der Waals surface area contributed by atoms with Crippen molar-refractivity contribution >= 4 is 17.7 Å². The summed E-state index contributed by atoms with van der Waals surface area (Å²) in [4.78, 5) is 15.7. The summed E-state index contributed by atoms with van der Waals surface area (Å²) in [6.45, 7) is 5.83. The zero-order chi connectivity index (χ0) is 16.8. The van der Waals surface area contributed by atoms with Gasteiger partial charge in [0.25, 0.3) is 0 Å². The maximum atomic E-state index is 12.3. The summed E-state index contributed by atoms with van der Waals surface area (Å²) in [7, 11) is 2.01. The van der Waals surface area contributed by atoms with Gasteiger partial charge in [-0.05, 0) is 49.3 Å². The van der Waals surface area contributed by atoms with Crippen LogP contribution >= 0.6 is 11.8 Å². The Morgan fingerprint density at radius 2 is 1.96 bits per heavy atom. The highest BCUT2D eigenvalue weighted by molar-refractivity contribution is 7.98. The average molecular weight is 335 g/mol. The third-order valence-electron chi connectivity index (χ3n) is 5.08. The van der Waals surface area contributed by atoms with E-state index < -0.39 is 0 Å². The van der Waals surface area contributed by atoms with Crippen LogP contribution in [0, 0.1) is 11.8 Å². The van der Waals surface area contributed by atoms with Crippen molar-refractivity contribution in [3.05, 3.63) is 29.8 Å². The normalized spacial score (nSPS) is 24.7. The van der Waals surface area contributed by atoms with Crippen LogP contribution in [0.15, 0.2) is 29.2 Å². The molecule has 2 rings (SSSR count). The molecule has 0 aromatic heterocycles. The molecule has 1 amide bonds. The SMILES string of the molecule is CSc1ccc(CN(C)CC(=O)N[C@H]2CCC[C@H](C)[C@H]2C)cc1. The lowest BCUT2D eigenvalue weighted by atomic mass is 9.78. The van der Waals surface area contributed by atoms with Crippen LogP contribution in [0.1, 0.15) is 38.7 Å². The van der Waals surface area contributed by atoms with E-state index in [9.17, 15) is 4.79 Å².